The van der Waals surface area contributed by atoms with Crippen molar-refractivity contribution in [2.24, 2.45) is 0 Å². The van der Waals surface area contributed by atoms with Gasteiger partial charge in [0.25, 0.3) is 0 Å². The number of aromatic amines is 1. The van der Waals surface area contributed by atoms with Crippen molar-refractivity contribution in [3.05, 3.63) is 53.4 Å². The van der Waals surface area contributed by atoms with Gasteiger partial charge < -0.3 is 9.72 Å². The molecule has 0 atom stereocenters. The summed E-state index contributed by atoms with van der Waals surface area (Å²) >= 11 is 5.05. The van der Waals surface area contributed by atoms with Gasteiger partial charge in [-0.3, -0.25) is 0 Å². The van der Waals surface area contributed by atoms with E-state index in [1.807, 2.05) is 24.3 Å². The number of benzene rings is 2. The zero-order chi connectivity index (χ0) is 13.2. The Hall–Kier alpha value is -2.20. The first-order valence-corrected chi connectivity index (χ1v) is 6.30. The fraction of sp³-hybridized carbons (Fsp3) is 0.0667. The summed E-state index contributed by atoms with van der Waals surface area (Å²) in [6.07, 6.45) is 1.71. The van der Waals surface area contributed by atoms with Crippen LogP contribution in [0.2, 0.25) is 0 Å². The highest BCUT2D eigenvalue weighted by molar-refractivity contribution is 7.71. The Morgan fingerprint density at radius 2 is 1.84 bits per heavy atom. The van der Waals surface area contributed by atoms with E-state index in [1.165, 1.54) is 0 Å². The SMILES string of the molecule is COc1ccc2cc(-c3ccnc(=S)[nH]3)ccc2c1. The molecule has 0 bridgehead atoms. The van der Waals surface area contributed by atoms with Crippen LogP contribution in [0.15, 0.2) is 48.7 Å². The van der Waals surface area contributed by atoms with Crippen molar-refractivity contribution in [2.75, 3.05) is 7.11 Å². The van der Waals surface area contributed by atoms with Crippen molar-refractivity contribution in [3.8, 4) is 17.0 Å². The lowest BCUT2D eigenvalue weighted by Crippen LogP contribution is -1.87. The summed E-state index contributed by atoms with van der Waals surface area (Å²) in [7, 11) is 1.67. The first kappa shape index (κ1) is 11.9. The van der Waals surface area contributed by atoms with E-state index in [9.17, 15) is 0 Å². The second kappa shape index (κ2) is 4.82. The van der Waals surface area contributed by atoms with Crippen molar-refractivity contribution < 1.29 is 4.74 Å². The van der Waals surface area contributed by atoms with Crippen LogP contribution in [0.4, 0.5) is 0 Å². The maximum absolute atomic E-state index is 5.22. The van der Waals surface area contributed by atoms with Crippen LogP contribution in [0.25, 0.3) is 22.0 Å². The number of hydrogen-bond donors (Lipinski definition) is 1. The molecule has 0 amide bonds. The number of H-pyrrole nitrogens is 1. The molecule has 1 heterocycles. The van der Waals surface area contributed by atoms with E-state index in [1.54, 1.807) is 13.3 Å². The average molecular weight is 268 g/mol. The summed E-state index contributed by atoms with van der Waals surface area (Å²) in [5.41, 5.74) is 2.06. The van der Waals surface area contributed by atoms with Gasteiger partial charge >= 0.3 is 0 Å². The lowest BCUT2D eigenvalue weighted by atomic mass is 10.0. The molecular formula is C15H12N2OS. The maximum atomic E-state index is 5.22. The number of aromatic nitrogens is 2. The molecule has 2 aromatic carbocycles. The maximum Gasteiger partial charge on any atom is 0.197 e. The number of fused-ring (bicyclic) bond motifs is 1. The Labute approximate surface area is 115 Å². The van der Waals surface area contributed by atoms with E-state index < -0.39 is 0 Å². The van der Waals surface area contributed by atoms with E-state index in [0.717, 1.165) is 27.8 Å². The summed E-state index contributed by atoms with van der Waals surface area (Å²) in [5, 5.41) is 2.31. The topological polar surface area (TPSA) is 37.9 Å². The second-order valence-electron chi connectivity index (χ2n) is 4.22. The largest absolute Gasteiger partial charge is 0.497 e. The number of nitrogens with zero attached hydrogens (tertiary/aromatic N) is 1. The molecule has 0 aliphatic rings. The fourth-order valence-corrected chi connectivity index (χ4v) is 2.23. The molecular weight excluding hydrogens is 256 g/mol. The molecule has 4 heteroatoms. The second-order valence-corrected chi connectivity index (χ2v) is 4.60. The lowest BCUT2D eigenvalue weighted by molar-refractivity contribution is 0.415. The molecule has 0 unspecified atom stereocenters. The molecule has 0 radical (unpaired) electrons. The van der Waals surface area contributed by atoms with Gasteiger partial charge in [0.2, 0.25) is 0 Å². The Morgan fingerprint density at radius 3 is 2.63 bits per heavy atom. The number of ether oxygens (including phenoxy) is 1. The van der Waals surface area contributed by atoms with Crippen molar-refractivity contribution in [1.29, 1.82) is 0 Å². The highest BCUT2D eigenvalue weighted by Gasteiger charge is 2.01. The molecule has 3 nitrogen and oxygen atoms in total. The van der Waals surface area contributed by atoms with Crippen LogP contribution in [0.1, 0.15) is 0 Å². The Morgan fingerprint density at radius 1 is 1.05 bits per heavy atom. The minimum Gasteiger partial charge on any atom is -0.497 e. The van der Waals surface area contributed by atoms with Crippen LogP contribution in [-0.2, 0) is 0 Å². The standard InChI is InChI=1S/C15H12N2OS/c1-18-13-5-4-10-8-12(3-2-11(10)9-13)14-6-7-16-15(19)17-14/h2-9H,1H3,(H,16,17,19). The Kier molecular flexibility index (Phi) is 3.01. The zero-order valence-electron chi connectivity index (χ0n) is 10.4. The van der Waals surface area contributed by atoms with Gasteiger partial charge in [0, 0.05) is 11.9 Å². The molecule has 3 rings (SSSR count). The highest BCUT2D eigenvalue weighted by atomic mass is 32.1. The smallest absolute Gasteiger partial charge is 0.197 e. The molecule has 0 saturated carbocycles. The third-order valence-electron chi connectivity index (χ3n) is 3.03. The van der Waals surface area contributed by atoms with Gasteiger partial charge in [-0.1, -0.05) is 18.2 Å². The minimum atomic E-state index is 0.493. The molecule has 0 fully saturated rings. The molecule has 0 spiro atoms. The molecule has 0 saturated heterocycles. The molecule has 94 valence electrons. The molecule has 1 aromatic heterocycles. The first-order chi connectivity index (χ1) is 9.26. The summed E-state index contributed by atoms with van der Waals surface area (Å²) < 4.78 is 5.72. The van der Waals surface area contributed by atoms with Crippen LogP contribution < -0.4 is 4.74 Å². The third-order valence-corrected chi connectivity index (χ3v) is 3.24. The van der Waals surface area contributed by atoms with Gasteiger partial charge in [-0.05, 0) is 52.8 Å². The van der Waals surface area contributed by atoms with E-state index in [-0.39, 0.29) is 0 Å². The van der Waals surface area contributed by atoms with Crippen molar-refractivity contribution in [1.82, 2.24) is 9.97 Å². The van der Waals surface area contributed by atoms with Crippen molar-refractivity contribution >= 4 is 23.0 Å². The van der Waals surface area contributed by atoms with Crippen molar-refractivity contribution in [2.45, 2.75) is 0 Å². The number of methoxy groups -OCH3 is 1. The lowest BCUT2D eigenvalue weighted by Gasteiger charge is -2.06. The molecule has 19 heavy (non-hydrogen) atoms. The Bertz CT molecular complexity index is 795. The quantitative estimate of drug-likeness (QED) is 0.715. The predicted molar refractivity (Wildman–Crippen MR) is 78.9 cm³/mol. The number of nitrogens with one attached hydrogen (secondary N) is 1. The first-order valence-electron chi connectivity index (χ1n) is 5.90. The summed E-state index contributed by atoms with van der Waals surface area (Å²) in [6, 6.07) is 14.2. The van der Waals surface area contributed by atoms with Gasteiger partial charge in [-0.2, -0.15) is 0 Å². The predicted octanol–water partition coefficient (Wildman–Crippen LogP) is 3.97. The van der Waals surface area contributed by atoms with Gasteiger partial charge in [-0.25, -0.2) is 4.98 Å². The monoisotopic (exact) mass is 268 g/mol. The minimum absolute atomic E-state index is 0.493. The summed E-state index contributed by atoms with van der Waals surface area (Å²) in [6.45, 7) is 0. The van der Waals surface area contributed by atoms with Gasteiger partial charge in [0.1, 0.15) is 5.75 Å². The van der Waals surface area contributed by atoms with E-state index >= 15 is 0 Å². The Balaban J connectivity index is 2.14. The zero-order valence-corrected chi connectivity index (χ0v) is 11.2. The molecule has 3 aromatic rings. The van der Waals surface area contributed by atoms with Crippen LogP contribution in [0, 0.1) is 4.77 Å². The number of hydrogen-bond acceptors (Lipinski definition) is 3. The van der Waals surface area contributed by atoms with Crippen LogP contribution in [0.5, 0.6) is 5.75 Å². The average Bonchev–Trinajstić information content (AvgIpc) is 2.46. The molecule has 0 aliphatic heterocycles. The third kappa shape index (κ3) is 2.35. The van der Waals surface area contributed by atoms with Gasteiger partial charge in [-0.15, -0.1) is 0 Å². The normalized spacial score (nSPS) is 10.6. The van der Waals surface area contributed by atoms with E-state index in [2.05, 4.69) is 28.2 Å². The molecule has 0 aliphatic carbocycles. The van der Waals surface area contributed by atoms with E-state index in [0.29, 0.717) is 4.77 Å². The van der Waals surface area contributed by atoms with E-state index in [4.69, 9.17) is 17.0 Å². The molecule has 1 N–H and O–H groups in total. The summed E-state index contributed by atoms with van der Waals surface area (Å²) in [5.74, 6) is 0.864. The van der Waals surface area contributed by atoms with Gasteiger partial charge in [0.15, 0.2) is 4.77 Å². The van der Waals surface area contributed by atoms with Gasteiger partial charge in [0.05, 0.1) is 7.11 Å². The summed E-state index contributed by atoms with van der Waals surface area (Å²) in [4.78, 5) is 7.08. The fourth-order valence-electron chi connectivity index (χ4n) is 2.06. The van der Waals surface area contributed by atoms with Crippen LogP contribution in [0.3, 0.4) is 0 Å². The highest BCUT2D eigenvalue weighted by Crippen LogP contribution is 2.25. The van der Waals surface area contributed by atoms with Crippen LogP contribution in [-0.4, -0.2) is 17.1 Å². The van der Waals surface area contributed by atoms with Crippen molar-refractivity contribution in [3.63, 3.8) is 0 Å². The number of rotatable bonds is 2. The van der Waals surface area contributed by atoms with Crippen LogP contribution >= 0.6 is 12.2 Å².